The summed E-state index contributed by atoms with van der Waals surface area (Å²) in [6.07, 6.45) is 5.65. The highest BCUT2D eigenvalue weighted by atomic mass is 19.1. The minimum atomic E-state index is -0.936. The average molecular weight is 708 g/mol. The normalized spacial score (nSPS) is 20.2. The molecule has 3 fully saturated rings. The van der Waals surface area contributed by atoms with Crippen LogP contribution in [0.25, 0.3) is 32.9 Å². The van der Waals surface area contributed by atoms with Gasteiger partial charge >= 0.3 is 12.0 Å². The molecule has 0 amide bonds. The van der Waals surface area contributed by atoms with Crippen molar-refractivity contribution >= 4 is 33.5 Å². The van der Waals surface area contributed by atoms with E-state index in [4.69, 9.17) is 23.9 Å². The van der Waals surface area contributed by atoms with Crippen molar-refractivity contribution in [2.24, 2.45) is 0 Å². The summed E-state index contributed by atoms with van der Waals surface area (Å²) in [7, 11) is 1.50. The van der Waals surface area contributed by atoms with Gasteiger partial charge in [0.2, 0.25) is 0 Å². The highest BCUT2D eigenvalue weighted by molar-refractivity contribution is 6.02. The van der Waals surface area contributed by atoms with Gasteiger partial charge in [0.05, 0.1) is 17.5 Å². The number of hydrogen-bond donors (Lipinski definition) is 0. The third-order valence-electron chi connectivity index (χ3n) is 10.3. The molecule has 2 saturated heterocycles. The summed E-state index contributed by atoms with van der Waals surface area (Å²) in [5.41, 5.74) is 0.295. The zero-order valence-corrected chi connectivity index (χ0v) is 29.4. The Kier molecular flexibility index (Phi) is 10.2. The molecule has 4 heterocycles. The topological polar surface area (TPSA) is 99.1 Å². The van der Waals surface area contributed by atoms with Crippen molar-refractivity contribution in [1.82, 2.24) is 19.9 Å². The van der Waals surface area contributed by atoms with Crippen LogP contribution in [0.5, 0.6) is 11.8 Å². The van der Waals surface area contributed by atoms with Gasteiger partial charge in [0, 0.05) is 50.8 Å². The average Bonchev–Trinajstić information content (AvgIpc) is 3.81. The summed E-state index contributed by atoms with van der Waals surface area (Å²) in [4.78, 5) is 30.5. The molecule has 2 aromatic heterocycles. The largest absolute Gasteiger partial charge is 0.468 e. The molecule has 51 heavy (non-hydrogen) atoms. The zero-order chi connectivity index (χ0) is 35.7. The van der Waals surface area contributed by atoms with E-state index in [2.05, 4.69) is 19.8 Å². The first-order valence-electron chi connectivity index (χ1n) is 17.9. The van der Waals surface area contributed by atoms with Crippen molar-refractivity contribution in [3.8, 4) is 23.0 Å². The van der Waals surface area contributed by atoms with Crippen molar-refractivity contribution in [2.45, 2.75) is 83.0 Å². The van der Waals surface area contributed by atoms with E-state index in [0.29, 0.717) is 77.8 Å². The van der Waals surface area contributed by atoms with Gasteiger partial charge in [-0.3, -0.25) is 14.7 Å². The van der Waals surface area contributed by atoms with E-state index < -0.39 is 23.3 Å². The van der Waals surface area contributed by atoms with Gasteiger partial charge in [0.1, 0.15) is 41.4 Å². The van der Waals surface area contributed by atoms with E-state index in [0.717, 1.165) is 32.2 Å². The smallest absolute Gasteiger partial charge is 0.319 e. The molecule has 2 atom stereocenters. The quantitative estimate of drug-likeness (QED) is 0.0955. The number of benzene rings is 2. The first-order valence-corrected chi connectivity index (χ1v) is 17.9. The Morgan fingerprint density at radius 3 is 2.75 bits per heavy atom. The van der Waals surface area contributed by atoms with Gasteiger partial charge in [-0.25, -0.2) is 13.2 Å². The number of esters is 1. The Bertz CT molecular complexity index is 1930. The first kappa shape index (κ1) is 35.2. The van der Waals surface area contributed by atoms with Crippen LogP contribution in [-0.4, -0.2) is 90.3 Å². The predicted octanol–water partition coefficient (Wildman–Crippen LogP) is 6.94. The number of carbonyl (C=O) groups excluding carboxylic acids is 1. The second kappa shape index (κ2) is 14.8. The molecule has 2 aliphatic heterocycles. The van der Waals surface area contributed by atoms with Crippen LogP contribution in [0.4, 0.5) is 19.0 Å². The number of aromatic nitrogens is 3. The van der Waals surface area contributed by atoms with Crippen LogP contribution in [0.1, 0.15) is 64.4 Å². The summed E-state index contributed by atoms with van der Waals surface area (Å²) in [6, 6.07) is 6.56. The van der Waals surface area contributed by atoms with Crippen LogP contribution in [-0.2, 0) is 20.7 Å². The van der Waals surface area contributed by atoms with Crippen LogP contribution >= 0.6 is 0 Å². The van der Waals surface area contributed by atoms with E-state index in [1.807, 2.05) is 6.92 Å². The fourth-order valence-electron chi connectivity index (χ4n) is 7.85. The van der Waals surface area contributed by atoms with Gasteiger partial charge in [0.15, 0.2) is 12.6 Å². The van der Waals surface area contributed by atoms with Crippen molar-refractivity contribution < 1.29 is 36.9 Å². The van der Waals surface area contributed by atoms with Gasteiger partial charge in [0.25, 0.3) is 0 Å². The van der Waals surface area contributed by atoms with Crippen LogP contribution in [0, 0.1) is 11.6 Å². The molecule has 0 N–H and O–H groups in total. The first-order chi connectivity index (χ1) is 24.7. The highest BCUT2D eigenvalue weighted by Gasteiger charge is 2.49. The maximum Gasteiger partial charge on any atom is 0.319 e. The fraction of sp³-hybridized carbons (Fsp3) is 0.526. The van der Waals surface area contributed by atoms with Crippen LogP contribution in [0.2, 0.25) is 0 Å². The van der Waals surface area contributed by atoms with Crippen LogP contribution < -0.4 is 14.4 Å². The number of methoxy groups -OCH3 is 1. The number of carbonyl (C=O) groups is 1. The standard InChI is InChI=1S/C38H44F3N5O5/c1-4-27-30(40)12-9-23-16-26(51-22-48-3)17-28(32(23)27)34-33(41)35-29(19-42-34)36(46(25-10-11-25)15-6-8-31(47)49-5-2)44-37(43-35)50-21-38-13-7-14-45(38)20-24(39)18-38/h9,12,16-17,19,24-25H,4-8,10-11,13-15,18,20-22H2,1-3H3/t24-,38+/m1/s1. The van der Waals surface area contributed by atoms with E-state index >= 15 is 8.78 Å². The van der Waals surface area contributed by atoms with Crippen molar-refractivity contribution in [3.63, 3.8) is 0 Å². The zero-order valence-electron chi connectivity index (χ0n) is 29.4. The van der Waals surface area contributed by atoms with E-state index in [1.54, 1.807) is 31.3 Å². The van der Waals surface area contributed by atoms with Gasteiger partial charge in [-0.05, 0) is 86.5 Å². The third kappa shape index (κ3) is 7.02. The molecule has 1 saturated carbocycles. The van der Waals surface area contributed by atoms with E-state index in [9.17, 15) is 9.18 Å². The van der Waals surface area contributed by atoms with Gasteiger partial charge < -0.3 is 23.8 Å². The number of halogens is 3. The molecule has 0 spiro atoms. The molecule has 3 aliphatic rings. The lowest BCUT2D eigenvalue weighted by Gasteiger charge is -2.31. The lowest BCUT2D eigenvalue weighted by molar-refractivity contribution is -0.143. The Balaban J connectivity index is 1.35. The number of alkyl halides is 1. The number of ether oxygens (including phenoxy) is 4. The van der Waals surface area contributed by atoms with Crippen LogP contribution in [0.3, 0.4) is 0 Å². The van der Waals surface area contributed by atoms with Crippen LogP contribution in [0.15, 0.2) is 30.5 Å². The summed E-state index contributed by atoms with van der Waals surface area (Å²) < 4.78 is 69.3. The molecule has 7 rings (SSSR count). The van der Waals surface area contributed by atoms with Crippen molar-refractivity contribution in [2.75, 3.05) is 51.7 Å². The Labute approximate surface area is 295 Å². The molecule has 2 aromatic carbocycles. The maximum absolute atomic E-state index is 17.2. The number of nitrogens with zero attached hydrogens (tertiary/aromatic N) is 5. The molecule has 0 radical (unpaired) electrons. The van der Waals surface area contributed by atoms with E-state index in [1.165, 1.54) is 13.2 Å². The molecule has 272 valence electrons. The van der Waals surface area contributed by atoms with Gasteiger partial charge in [-0.15, -0.1) is 0 Å². The number of aryl methyl sites for hydroxylation is 1. The molecule has 13 heteroatoms. The van der Waals surface area contributed by atoms with Gasteiger partial charge in [-0.1, -0.05) is 13.0 Å². The van der Waals surface area contributed by atoms with Gasteiger partial charge in [-0.2, -0.15) is 9.97 Å². The SMILES string of the molecule is CCOC(=O)CCCN(c1nc(OC[C@@]23CCCN2C[C@H](F)C3)nc2c(F)c(-c3cc(OCOC)cc4ccc(F)c(CC)c34)ncc12)C1CC1. The van der Waals surface area contributed by atoms with Crippen molar-refractivity contribution in [3.05, 3.63) is 47.7 Å². The Morgan fingerprint density at radius 1 is 1.14 bits per heavy atom. The third-order valence-corrected chi connectivity index (χ3v) is 10.3. The van der Waals surface area contributed by atoms with E-state index in [-0.39, 0.29) is 49.1 Å². The molecular weight excluding hydrogens is 663 g/mol. The molecule has 1 aliphatic carbocycles. The number of fused-ring (bicyclic) bond motifs is 3. The highest BCUT2D eigenvalue weighted by Crippen LogP contribution is 2.43. The Morgan fingerprint density at radius 2 is 1.98 bits per heavy atom. The number of anilines is 1. The summed E-state index contributed by atoms with van der Waals surface area (Å²) in [5, 5.41) is 1.57. The number of pyridine rings is 1. The second-order valence-corrected chi connectivity index (χ2v) is 13.7. The predicted molar refractivity (Wildman–Crippen MR) is 187 cm³/mol. The lowest BCUT2D eigenvalue weighted by atomic mass is 9.94. The minimum absolute atomic E-state index is 0.00238. The fourth-order valence-corrected chi connectivity index (χ4v) is 7.85. The summed E-state index contributed by atoms with van der Waals surface area (Å²) in [6.45, 7) is 5.71. The molecule has 0 bridgehead atoms. The number of hydrogen-bond acceptors (Lipinski definition) is 10. The molecular formula is C38H44F3N5O5. The maximum atomic E-state index is 17.2. The molecule has 10 nitrogen and oxygen atoms in total. The van der Waals surface area contributed by atoms with Crippen molar-refractivity contribution in [1.29, 1.82) is 0 Å². The lowest BCUT2D eigenvalue weighted by Crippen LogP contribution is -2.43. The molecule has 4 aromatic rings. The number of rotatable bonds is 15. The summed E-state index contributed by atoms with van der Waals surface area (Å²) in [5.74, 6) is -0.533. The second-order valence-electron chi connectivity index (χ2n) is 13.7. The monoisotopic (exact) mass is 707 g/mol. The summed E-state index contributed by atoms with van der Waals surface area (Å²) >= 11 is 0. The minimum Gasteiger partial charge on any atom is -0.468 e. The molecule has 0 unspecified atom stereocenters. The Hall–Kier alpha value is -4.23.